The van der Waals surface area contributed by atoms with Gasteiger partial charge in [-0.3, -0.25) is 4.55 Å². The van der Waals surface area contributed by atoms with Gasteiger partial charge in [-0.15, -0.1) is 5.92 Å². The van der Waals surface area contributed by atoms with Crippen LogP contribution in [0.5, 0.6) is 0 Å². The first-order chi connectivity index (χ1) is 9.14. The molecule has 0 bridgehead atoms. The molecule has 0 saturated heterocycles. The maximum Gasteiger partial charge on any atom is 0.266 e. The van der Waals surface area contributed by atoms with Crippen molar-refractivity contribution in [3.8, 4) is 11.8 Å². The van der Waals surface area contributed by atoms with Gasteiger partial charge in [0.2, 0.25) is 0 Å². The molecule has 0 radical (unpaired) electrons. The van der Waals surface area contributed by atoms with Gasteiger partial charge in [-0.25, -0.2) is 8.42 Å². The van der Waals surface area contributed by atoms with Crippen LogP contribution in [-0.4, -0.2) is 32.9 Å². The summed E-state index contributed by atoms with van der Waals surface area (Å²) in [6.07, 6.45) is 0. The van der Waals surface area contributed by atoms with Crippen molar-refractivity contribution < 1.29 is 21.4 Å². The predicted molar refractivity (Wildman–Crippen MR) is 76.6 cm³/mol. The van der Waals surface area contributed by atoms with Gasteiger partial charge in [-0.2, -0.15) is 8.42 Å². The summed E-state index contributed by atoms with van der Waals surface area (Å²) in [5.41, 5.74) is 0.923. The lowest BCUT2D eigenvalue weighted by Gasteiger charge is -2.10. The minimum Gasteiger partial charge on any atom is -0.286 e. The van der Waals surface area contributed by atoms with Crippen molar-refractivity contribution in [2.75, 3.05) is 11.5 Å². The molecule has 7 heteroatoms. The molecular weight excluding hydrogens is 300 g/mol. The van der Waals surface area contributed by atoms with Gasteiger partial charge in [-0.05, 0) is 26.0 Å². The molecule has 0 aliphatic carbocycles. The highest BCUT2D eigenvalue weighted by Gasteiger charge is 2.23. The predicted octanol–water partition coefficient (Wildman–Crippen LogP) is 1.30. The van der Waals surface area contributed by atoms with E-state index < -0.39 is 37.4 Å². The lowest BCUT2D eigenvalue weighted by molar-refractivity contribution is 0.478. The molecule has 1 aromatic carbocycles. The second-order valence-corrected chi connectivity index (χ2v) is 7.97. The molecule has 110 valence electrons. The standard InChI is InChI=1S/C13H16O5S2/c1-3-4-12(10-20(16,17)18)9-19(14,15)13-7-5-11(2)6-8-13/h5-8,12H,9-10H2,1-2H3,(H,16,17,18). The number of hydrogen-bond acceptors (Lipinski definition) is 4. The SMILES string of the molecule is CC#CC(CS(=O)(=O)O)CS(=O)(=O)c1ccc(C)cc1. The number of aryl methyl sites for hydroxylation is 1. The zero-order valence-electron chi connectivity index (χ0n) is 11.2. The summed E-state index contributed by atoms with van der Waals surface area (Å²) >= 11 is 0. The Bertz CT molecular complexity index is 719. The van der Waals surface area contributed by atoms with Crippen molar-refractivity contribution in [3.63, 3.8) is 0 Å². The normalized spacial score (nSPS) is 13.3. The molecule has 0 saturated carbocycles. The van der Waals surface area contributed by atoms with Gasteiger partial charge in [0, 0.05) is 0 Å². The fourth-order valence-corrected chi connectivity index (χ4v) is 4.03. The molecule has 20 heavy (non-hydrogen) atoms. The van der Waals surface area contributed by atoms with E-state index >= 15 is 0 Å². The van der Waals surface area contributed by atoms with Crippen LogP contribution >= 0.6 is 0 Å². The Balaban J connectivity index is 3.02. The number of rotatable bonds is 5. The fraction of sp³-hybridized carbons (Fsp3) is 0.385. The van der Waals surface area contributed by atoms with Crippen LogP contribution in [0.4, 0.5) is 0 Å². The highest BCUT2D eigenvalue weighted by Crippen LogP contribution is 2.16. The van der Waals surface area contributed by atoms with Crippen LogP contribution in [0.2, 0.25) is 0 Å². The lowest BCUT2D eigenvalue weighted by atomic mass is 10.2. The van der Waals surface area contributed by atoms with E-state index in [1.807, 2.05) is 6.92 Å². The van der Waals surface area contributed by atoms with Crippen LogP contribution in [0.15, 0.2) is 29.2 Å². The number of hydrogen-bond donors (Lipinski definition) is 1. The molecule has 0 fully saturated rings. The summed E-state index contributed by atoms with van der Waals surface area (Å²) in [4.78, 5) is 0.112. The second-order valence-electron chi connectivity index (χ2n) is 4.43. The molecule has 1 aromatic rings. The molecule has 1 unspecified atom stereocenters. The summed E-state index contributed by atoms with van der Waals surface area (Å²) in [5.74, 6) is 2.89. The largest absolute Gasteiger partial charge is 0.286 e. The first-order valence-electron chi connectivity index (χ1n) is 5.81. The van der Waals surface area contributed by atoms with Crippen LogP contribution in [0.25, 0.3) is 0 Å². The van der Waals surface area contributed by atoms with Crippen LogP contribution < -0.4 is 0 Å². The maximum absolute atomic E-state index is 12.2. The maximum atomic E-state index is 12.2. The Labute approximate surface area is 119 Å². The average molecular weight is 316 g/mol. The Kier molecular flexibility index (Phi) is 5.34. The van der Waals surface area contributed by atoms with Gasteiger partial charge in [0.1, 0.15) is 0 Å². The third-order valence-electron chi connectivity index (χ3n) is 2.56. The third-order valence-corrected chi connectivity index (χ3v) is 5.22. The van der Waals surface area contributed by atoms with E-state index in [0.717, 1.165) is 5.56 Å². The monoisotopic (exact) mass is 316 g/mol. The molecule has 0 aliphatic heterocycles. The molecule has 1 rings (SSSR count). The number of benzene rings is 1. The van der Waals surface area contributed by atoms with Gasteiger partial charge in [0.25, 0.3) is 10.1 Å². The molecule has 1 N–H and O–H groups in total. The Morgan fingerprint density at radius 2 is 1.65 bits per heavy atom. The van der Waals surface area contributed by atoms with E-state index in [2.05, 4.69) is 11.8 Å². The van der Waals surface area contributed by atoms with Gasteiger partial charge >= 0.3 is 0 Å². The van der Waals surface area contributed by atoms with Crippen LogP contribution in [0.1, 0.15) is 12.5 Å². The smallest absolute Gasteiger partial charge is 0.266 e. The van der Waals surface area contributed by atoms with Crippen LogP contribution in [0, 0.1) is 24.7 Å². The minimum atomic E-state index is -4.27. The van der Waals surface area contributed by atoms with E-state index in [4.69, 9.17) is 4.55 Å². The quantitative estimate of drug-likeness (QED) is 0.653. The molecular formula is C13H16O5S2. The summed E-state index contributed by atoms with van der Waals surface area (Å²) < 4.78 is 54.9. The molecule has 0 aliphatic rings. The van der Waals surface area contributed by atoms with Crippen LogP contribution in [0.3, 0.4) is 0 Å². The van der Waals surface area contributed by atoms with Gasteiger partial charge in [-0.1, -0.05) is 23.6 Å². The Morgan fingerprint density at radius 3 is 2.10 bits per heavy atom. The second kappa shape index (κ2) is 6.39. The highest BCUT2D eigenvalue weighted by atomic mass is 32.2. The summed E-state index contributed by atoms with van der Waals surface area (Å²) in [6, 6.07) is 6.26. The van der Waals surface area contributed by atoms with Crippen molar-refractivity contribution in [1.82, 2.24) is 0 Å². The average Bonchev–Trinajstić information content (AvgIpc) is 2.26. The van der Waals surface area contributed by atoms with Crippen molar-refractivity contribution in [2.24, 2.45) is 5.92 Å². The van der Waals surface area contributed by atoms with E-state index in [1.54, 1.807) is 12.1 Å². The van der Waals surface area contributed by atoms with Crippen molar-refractivity contribution >= 4 is 20.0 Å². The first-order valence-corrected chi connectivity index (χ1v) is 9.07. The fourth-order valence-electron chi connectivity index (χ4n) is 1.70. The number of sulfone groups is 1. The van der Waals surface area contributed by atoms with Crippen molar-refractivity contribution in [2.45, 2.75) is 18.7 Å². The van der Waals surface area contributed by atoms with Crippen molar-refractivity contribution in [1.29, 1.82) is 0 Å². The zero-order chi connectivity index (χ0) is 15.4. The third kappa shape index (κ3) is 5.33. The topological polar surface area (TPSA) is 88.5 Å². The molecule has 0 amide bonds. The zero-order valence-corrected chi connectivity index (χ0v) is 12.8. The van der Waals surface area contributed by atoms with Gasteiger partial charge < -0.3 is 0 Å². The molecule has 5 nitrogen and oxygen atoms in total. The summed E-state index contributed by atoms with van der Waals surface area (Å²) in [6.45, 7) is 3.32. The van der Waals surface area contributed by atoms with E-state index in [1.165, 1.54) is 19.1 Å². The first kappa shape index (κ1) is 16.7. The Hall–Kier alpha value is -1.36. The summed E-state index contributed by atoms with van der Waals surface area (Å²) in [5, 5.41) is 0. The summed E-state index contributed by atoms with van der Waals surface area (Å²) in [7, 11) is -7.92. The van der Waals surface area contributed by atoms with E-state index in [-0.39, 0.29) is 4.90 Å². The van der Waals surface area contributed by atoms with Crippen LogP contribution in [-0.2, 0) is 20.0 Å². The van der Waals surface area contributed by atoms with Gasteiger partial charge in [0.05, 0.1) is 22.3 Å². The minimum absolute atomic E-state index is 0.112. The molecule has 0 heterocycles. The van der Waals surface area contributed by atoms with E-state index in [9.17, 15) is 16.8 Å². The van der Waals surface area contributed by atoms with Gasteiger partial charge in [0.15, 0.2) is 9.84 Å². The lowest BCUT2D eigenvalue weighted by Crippen LogP contribution is -2.22. The van der Waals surface area contributed by atoms with E-state index in [0.29, 0.717) is 0 Å². The highest BCUT2D eigenvalue weighted by molar-refractivity contribution is 7.91. The molecule has 0 spiro atoms. The Morgan fingerprint density at radius 1 is 1.10 bits per heavy atom. The van der Waals surface area contributed by atoms with Crippen molar-refractivity contribution in [3.05, 3.63) is 29.8 Å². The molecule has 0 aromatic heterocycles. The molecule has 1 atom stereocenters.